The SMILES string of the molecule is CCCC(C)CC1(O)CC(C)(C)CC(C)(C)C1. The van der Waals surface area contributed by atoms with Gasteiger partial charge in [0.1, 0.15) is 0 Å². The van der Waals surface area contributed by atoms with Gasteiger partial charge in [-0.3, -0.25) is 0 Å². The second kappa shape index (κ2) is 4.91. The number of rotatable bonds is 4. The summed E-state index contributed by atoms with van der Waals surface area (Å²) in [7, 11) is 0. The molecule has 1 aliphatic carbocycles. The number of hydrogen-bond acceptors (Lipinski definition) is 1. The third-order valence-corrected chi connectivity index (χ3v) is 4.08. The molecule has 1 aliphatic rings. The van der Waals surface area contributed by atoms with Gasteiger partial charge in [0.15, 0.2) is 0 Å². The van der Waals surface area contributed by atoms with E-state index in [2.05, 4.69) is 41.5 Å². The van der Waals surface area contributed by atoms with E-state index in [9.17, 15) is 5.11 Å². The zero-order valence-corrected chi connectivity index (χ0v) is 12.8. The van der Waals surface area contributed by atoms with Crippen LogP contribution in [-0.4, -0.2) is 10.7 Å². The van der Waals surface area contributed by atoms with Crippen LogP contribution in [0.5, 0.6) is 0 Å². The molecule has 102 valence electrons. The van der Waals surface area contributed by atoms with Gasteiger partial charge < -0.3 is 5.11 Å². The monoisotopic (exact) mass is 240 g/mol. The fraction of sp³-hybridized carbons (Fsp3) is 1.00. The van der Waals surface area contributed by atoms with E-state index in [1.54, 1.807) is 0 Å². The van der Waals surface area contributed by atoms with Gasteiger partial charge in [0.2, 0.25) is 0 Å². The maximum absolute atomic E-state index is 10.9. The van der Waals surface area contributed by atoms with Crippen molar-refractivity contribution in [1.29, 1.82) is 0 Å². The lowest BCUT2D eigenvalue weighted by atomic mass is 9.58. The summed E-state index contributed by atoms with van der Waals surface area (Å²) in [5.41, 5.74) is 0.130. The molecular formula is C16H32O. The van der Waals surface area contributed by atoms with Crippen molar-refractivity contribution in [2.45, 2.75) is 85.7 Å². The molecule has 0 saturated heterocycles. The van der Waals surface area contributed by atoms with Crippen molar-refractivity contribution in [3.05, 3.63) is 0 Å². The van der Waals surface area contributed by atoms with Crippen molar-refractivity contribution in [1.82, 2.24) is 0 Å². The lowest BCUT2D eigenvalue weighted by molar-refractivity contribution is -0.0979. The topological polar surface area (TPSA) is 20.2 Å². The van der Waals surface area contributed by atoms with Crippen LogP contribution in [0.2, 0.25) is 0 Å². The summed E-state index contributed by atoms with van der Waals surface area (Å²) in [4.78, 5) is 0. The van der Waals surface area contributed by atoms with E-state index in [-0.39, 0.29) is 10.8 Å². The van der Waals surface area contributed by atoms with Crippen LogP contribution in [0.4, 0.5) is 0 Å². The smallest absolute Gasteiger partial charge is 0.0660 e. The highest BCUT2D eigenvalue weighted by Crippen LogP contribution is 2.51. The van der Waals surface area contributed by atoms with Crippen molar-refractivity contribution in [3.8, 4) is 0 Å². The Bertz CT molecular complexity index is 236. The first-order valence-corrected chi connectivity index (χ1v) is 7.30. The van der Waals surface area contributed by atoms with E-state index in [1.807, 2.05) is 0 Å². The highest BCUT2D eigenvalue weighted by Gasteiger charge is 2.46. The summed E-state index contributed by atoms with van der Waals surface area (Å²) < 4.78 is 0. The molecule has 1 rings (SSSR count). The second-order valence-electron chi connectivity index (χ2n) is 8.18. The Labute approximate surface area is 108 Å². The molecular weight excluding hydrogens is 208 g/mol. The Hall–Kier alpha value is -0.0400. The molecule has 0 bridgehead atoms. The first-order chi connectivity index (χ1) is 7.58. The molecule has 0 aromatic carbocycles. The largest absolute Gasteiger partial charge is 0.390 e. The minimum atomic E-state index is -0.431. The molecule has 1 fully saturated rings. The van der Waals surface area contributed by atoms with E-state index in [4.69, 9.17) is 0 Å². The zero-order valence-electron chi connectivity index (χ0n) is 12.8. The van der Waals surface area contributed by atoms with Crippen molar-refractivity contribution in [3.63, 3.8) is 0 Å². The Morgan fingerprint density at radius 2 is 1.47 bits per heavy atom. The van der Waals surface area contributed by atoms with E-state index >= 15 is 0 Å². The molecule has 0 aromatic rings. The van der Waals surface area contributed by atoms with Gasteiger partial charge in [0, 0.05) is 0 Å². The van der Waals surface area contributed by atoms with Gasteiger partial charge in [-0.1, -0.05) is 54.4 Å². The van der Waals surface area contributed by atoms with Crippen LogP contribution in [0, 0.1) is 16.7 Å². The van der Waals surface area contributed by atoms with Crippen LogP contribution >= 0.6 is 0 Å². The van der Waals surface area contributed by atoms with Gasteiger partial charge in [-0.25, -0.2) is 0 Å². The van der Waals surface area contributed by atoms with Crippen molar-refractivity contribution in [2.24, 2.45) is 16.7 Å². The second-order valence-corrected chi connectivity index (χ2v) is 8.18. The maximum atomic E-state index is 10.9. The highest BCUT2D eigenvalue weighted by atomic mass is 16.3. The fourth-order valence-electron chi connectivity index (χ4n) is 4.65. The third-order valence-electron chi connectivity index (χ3n) is 4.08. The molecule has 17 heavy (non-hydrogen) atoms. The molecule has 0 amide bonds. The average molecular weight is 240 g/mol. The molecule has 1 unspecified atom stereocenters. The normalized spacial score (nSPS) is 27.7. The fourth-order valence-corrected chi connectivity index (χ4v) is 4.65. The van der Waals surface area contributed by atoms with E-state index in [0.717, 1.165) is 19.3 Å². The van der Waals surface area contributed by atoms with Crippen LogP contribution in [0.25, 0.3) is 0 Å². The van der Waals surface area contributed by atoms with Crippen molar-refractivity contribution >= 4 is 0 Å². The molecule has 0 aliphatic heterocycles. The van der Waals surface area contributed by atoms with Crippen LogP contribution in [0.15, 0.2) is 0 Å². The molecule has 0 heterocycles. The molecule has 0 spiro atoms. The number of hydrogen-bond donors (Lipinski definition) is 1. The van der Waals surface area contributed by atoms with Crippen LogP contribution in [0.1, 0.15) is 80.1 Å². The molecule has 1 nitrogen and oxygen atoms in total. The quantitative estimate of drug-likeness (QED) is 0.749. The van der Waals surface area contributed by atoms with Gasteiger partial charge in [0.05, 0.1) is 5.60 Å². The average Bonchev–Trinajstić information content (AvgIpc) is 1.93. The van der Waals surface area contributed by atoms with Crippen LogP contribution < -0.4 is 0 Å². The summed E-state index contributed by atoms with van der Waals surface area (Å²) >= 11 is 0. The molecule has 1 saturated carbocycles. The summed E-state index contributed by atoms with van der Waals surface area (Å²) in [6.07, 6.45) is 6.61. The first-order valence-electron chi connectivity index (χ1n) is 7.30. The summed E-state index contributed by atoms with van der Waals surface area (Å²) in [5, 5.41) is 10.9. The maximum Gasteiger partial charge on any atom is 0.0660 e. The van der Waals surface area contributed by atoms with Gasteiger partial charge in [-0.15, -0.1) is 0 Å². The zero-order chi connectivity index (χ0) is 13.3. The van der Waals surface area contributed by atoms with Crippen LogP contribution in [-0.2, 0) is 0 Å². The number of aliphatic hydroxyl groups is 1. The molecule has 1 atom stereocenters. The third kappa shape index (κ3) is 4.62. The first kappa shape index (κ1) is 15.0. The van der Waals surface area contributed by atoms with E-state index < -0.39 is 5.60 Å². The molecule has 1 heteroatoms. The lowest BCUT2D eigenvalue weighted by Gasteiger charge is -2.50. The summed E-state index contributed by atoms with van der Waals surface area (Å²) in [5.74, 6) is 0.648. The predicted octanol–water partition coefficient (Wildman–Crippen LogP) is 4.78. The molecule has 1 N–H and O–H groups in total. The van der Waals surface area contributed by atoms with Crippen molar-refractivity contribution in [2.75, 3.05) is 0 Å². The summed E-state index contributed by atoms with van der Waals surface area (Å²) in [6.45, 7) is 13.8. The molecule has 0 aromatic heterocycles. The van der Waals surface area contributed by atoms with Gasteiger partial charge in [-0.05, 0) is 42.4 Å². The Balaban J connectivity index is 2.73. The van der Waals surface area contributed by atoms with Crippen LogP contribution in [0.3, 0.4) is 0 Å². The minimum Gasteiger partial charge on any atom is -0.390 e. The Morgan fingerprint density at radius 1 is 1.00 bits per heavy atom. The van der Waals surface area contributed by atoms with Gasteiger partial charge in [0.25, 0.3) is 0 Å². The highest BCUT2D eigenvalue weighted by molar-refractivity contribution is 4.98. The van der Waals surface area contributed by atoms with E-state index in [0.29, 0.717) is 5.92 Å². The van der Waals surface area contributed by atoms with Gasteiger partial charge >= 0.3 is 0 Å². The Morgan fingerprint density at radius 3 is 1.88 bits per heavy atom. The minimum absolute atomic E-state index is 0.280. The lowest BCUT2D eigenvalue weighted by Crippen LogP contribution is -2.46. The standard InChI is InChI=1S/C16H32O/c1-7-8-13(2)9-16(17)11-14(3,4)10-15(5,6)12-16/h13,17H,7-12H2,1-6H3. The Kier molecular flexibility index (Phi) is 4.34. The molecule has 0 radical (unpaired) electrons. The summed E-state index contributed by atoms with van der Waals surface area (Å²) in [6, 6.07) is 0. The van der Waals surface area contributed by atoms with E-state index in [1.165, 1.54) is 19.3 Å². The van der Waals surface area contributed by atoms with Crippen molar-refractivity contribution < 1.29 is 5.11 Å². The predicted molar refractivity (Wildman–Crippen MR) is 75.1 cm³/mol. The van der Waals surface area contributed by atoms with Gasteiger partial charge in [-0.2, -0.15) is 0 Å².